The van der Waals surface area contributed by atoms with Gasteiger partial charge < -0.3 is 9.47 Å². The fourth-order valence-electron chi connectivity index (χ4n) is 2.90. The molecule has 0 spiro atoms. The molecular weight excluding hydrogens is 220 g/mol. The second kappa shape index (κ2) is 4.67. The van der Waals surface area contributed by atoms with Crippen molar-refractivity contribution >= 4 is 11.9 Å². The maximum absolute atomic E-state index is 12.0. The maximum Gasteiger partial charge on any atom is 0.312 e. The molecule has 0 aromatic rings. The lowest BCUT2D eigenvalue weighted by Crippen LogP contribution is -2.37. The van der Waals surface area contributed by atoms with Crippen LogP contribution in [0, 0.1) is 16.7 Å². The molecule has 1 saturated carbocycles. The summed E-state index contributed by atoms with van der Waals surface area (Å²) in [6.45, 7) is 5.87. The van der Waals surface area contributed by atoms with E-state index in [1.165, 1.54) is 14.2 Å². The van der Waals surface area contributed by atoms with Crippen LogP contribution in [-0.4, -0.2) is 26.2 Å². The van der Waals surface area contributed by atoms with E-state index in [0.717, 1.165) is 0 Å². The Kier molecular flexibility index (Phi) is 3.84. The molecule has 0 aromatic carbocycles. The first kappa shape index (κ1) is 14.0. The first-order chi connectivity index (χ1) is 7.82. The quantitative estimate of drug-likeness (QED) is 0.712. The van der Waals surface area contributed by atoms with Gasteiger partial charge in [0.25, 0.3) is 0 Å². The second-order valence-corrected chi connectivity index (χ2v) is 5.53. The fraction of sp³-hybridized carbons (Fsp3) is 0.846. The highest BCUT2D eigenvalue weighted by molar-refractivity contribution is 5.82. The number of carbonyl (C=O) groups is 2. The normalized spacial score (nSPS) is 32.6. The molecule has 0 unspecified atom stereocenters. The summed E-state index contributed by atoms with van der Waals surface area (Å²) < 4.78 is 9.75. The van der Waals surface area contributed by atoms with Crippen LogP contribution in [0.3, 0.4) is 0 Å². The molecule has 4 heteroatoms. The summed E-state index contributed by atoms with van der Waals surface area (Å²) in [4.78, 5) is 23.8. The Labute approximate surface area is 103 Å². The fourth-order valence-corrected chi connectivity index (χ4v) is 2.90. The van der Waals surface area contributed by atoms with Gasteiger partial charge in [0, 0.05) is 0 Å². The van der Waals surface area contributed by atoms with Crippen molar-refractivity contribution in [2.24, 2.45) is 16.7 Å². The number of esters is 2. The van der Waals surface area contributed by atoms with Crippen molar-refractivity contribution in [3.8, 4) is 0 Å². The van der Waals surface area contributed by atoms with E-state index < -0.39 is 10.8 Å². The standard InChI is InChI=1S/C13H22O4/c1-9(2)13(11(15)17-5)7-6-12(3,8-13)10(14)16-4/h9H,6-8H2,1-5H3/t12-,13-/m1/s1. The lowest BCUT2D eigenvalue weighted by molar-refractivity contribution is -0.158. The molecule has 0 aromatic heterocycles. The van der Waals surface area contributed by atoms with Crippen LogP contribution in [0.5, 0.6) is 0 Å². The van der Waals surface area contributed by atoms with Gasteiger partial charge in [-0.15, -0.1) is 0 Å². The van der Waals surface area contributed by atoms with E-state index in [1.807, 2.05) is 20.8 Å². The van der Waals surface area contributed by atoms with Crippen molar-refractivity contribution in [2.75, 3.05) is 14.2 Å². The predicted octanol–water partition coefficient (Wildman–Crippen LogP) is 2.17. The minimum atomic E-state index is -0.562. The smallest absolute Gasteiger partial charge is 0.312 e. The van der Waals surface area contributed by atoms with Crippen molar-refractivity contribution in [1.82, 2.24) is 0 Å². The summed E-state index contributed by atoms with van der Waals surface area (Å²) in [5.41, 5.74) is -1.11. The Morgan fingerprint density at radius 1 is 1.06 bits per heavy atom. The van der Waals surface area contributed by atoms with Crippen molar-refractivity contribution < 1.29 is 19.1 Å². The Bertz CT molecular complexity index is 323. The zero-order valence-corrected chi connectivity index (χ0v) is 11.3. The molecule has 0 aliphatic heterocycles. The van der Waals surface area contributed by atoms with Gasteiger partial charge in [0.15, 0.2) is 0 Å². The highest BCUT2D eigenvalue weighted by atomic mass is 16.5. The number of carbonyl (C=O) groups excluding carboxylic acids is 2. The summed E-state index contributed by atoms with van der Waals surface area (Å²) >= 11 is 0. The summed E-state index contributed by atoms with van der Waals surface area (Å²) in [7, 11) is 2.79. The van der Waals surface area contributed by atoms with Gasteiger partial charge in [-0.05, 0) is 32.1 Å². The third-order valence-corrected chi connectivity index (χ3v) is 4.20. The molecule has 0 N–H and O–H groups in total. The Balaban J connectivity index is 3.01. The van der Waals surface area contributed by atoms with Gasteiger partial charge in [-0.3, -0.25) is 9.59 Å². The molecule has 1 fully saturated rings. The van der Waals surface area contributed by atoms with Crippen molar-refractivity contribution in [3.63, 3.8) is 0 Å². The molecule has 17 heavy (non-hydrogen) atoms. The van der Waals surface area contributed by atoms with Gasteiger partial charge in [-0.25, -0.2) is 0 Å². The van der Waals surface area contributed by atoms with Gasteiger partial charge in [0.2, 0.25) is 0 Å². The molecule has 1 aliphatic carbocycles. The lowest BCUT2D eigenvalue weighted by atomic mass is 9.73. The van der Waals surface area contributed by atoms with E-state index in [1.54, 1.807) is 0 Å². The van der Waals surface area contributed by atoms with Crippen molar-refractivity contribution in [2.45, 2.75) is 40.0 Å². The highest BCUT2D eigenvalue weighted by Crippen LogP contribution is 2.54. The van der Waals surface area contributed by atoms with Crippen LogP contribution in [0.1, 0.15) is 40.0 Å². The third kappa shape index (κ3) is 2.17. The molecule has 4 nitrogen and oxygen atoms in total. The van der Waals surface area contributed by atoms with Gasteiger partial charge in [0.1, 0.15) is 0 Å². The van der Waals surface area contributed by atoms with Gasteiger partial charge in [-0.2, -0.15) is 0 Å². The molecule has 0 amide bonds. The molecule has 1 rings (SSSR count). The summed E-state index contributed by atoms with van der Waals surface area (Å²) in [5, 5.41) is 0. The summed E-state index contributed by atoms with van der Waals surface area (Å²) in [6, 6.07) is 0. The molecule has 0 heterocycles. The first-order valence-corrected chi connectivity index (χ1v) is 5.99. The topological polar surface area (TPSA) is 52.6 Å². The number of ether oxygens (including phenoxy) is 2. The molecule has 1 aliphatic rings. The van der Waals surface area contributed by atoms with Gasteiger partial charge in [0.05, 0.1) is 25.0 Å². The first-order valence-electron chi connectivity index (χ1n) is 5.99. The number of hydrogen-bond acceptors (Lipinski definition) is 4. The monoisotopic (exact) mass is 242 g/mol. The van der Waals surface area contributed by atoms with E-state index in [4.69, 9.17) is 9.47 Å². The molecule has 0 radical (unpaired) electrons. The minimum absolute atomic E-state index is 0.154. The van der Waals surface area contributed by atoms with Gasteiger partial charge >= 0.3 is 11.9 Å². The lowest BCUT2D eigenvalue weighted by Gasteiger charge is -2.32. The molecular formula is C13H22O4. The van der Waals surface area contributed by atoms with Crippen LogP contribution in [0.15, 0.2) is 0 Å². The second-order valence-electron chi connectivity index (χ2n) is 5.53. The van der Waals surface area contributed by atoms with E-state index in [0.29, 0.717) is 19.3 Å². The van der Waals surface area contributed by atoms with E-state index in [2.05, 4.69) is 0 Å². The van der Waals surface area contributed by atoms with Crippen LogP contribution in [0.25, 0.3) is 0 Å². The number of rotatable bonds is 3. The van der Waals surface area contributed by atoms with Crippen LogP contribution in [0.2, 0.25) is 0 Å². The number of methoxy groups -OCH3 is 2. The minimum Gasteiger partial charge on any atom is -0.469 e. The Morgan fingerprint density at radius 2 is 1.59 bits per heavy atom. The van der Waals surface area contributed by atoms with Gasteiger partial charge in [-0.1, -0.05) is 13.8 Å². The molecule has 0 saturated heterocycles. The zero-order chi connectivity index (χ0) is 13.3. The van der Waals surface area contributed by atoms with Crippen LogP contribution >= 0.6 is 0 Å². The van der Waals surface area contributed by atoms with Crippen molar-refractivity contribution in [1.29, 1.82) is 0 Å². The van der Waals surface area contributed by atoms with Crippen molar-refractivity contribution in [3.05, 3.63) is 0 Å². The average molecular weight is 242 g/mol. The summed E-state index contributed by atoms with van der Waals surface area (Å²) in [5.74, 6) is -0.287. The average Bonchev–Trinajstić information content (AvgIpc) is 2.68. The van der Waals surface area contributed by atoms with Crippen LogP contribution in [0.4, 0.5) is 0 Å². The zero-order valence-electron chi connectivity index (χ0n) is 11.3. The third-order valence-electron chi connectivity index (χ3n) is 4.20. The van der Waals surface area contributed by atoms with E-state index in [9.17, 15) is 9.59 Å². The Morgan fingerprint density at radius 3 is 2.00 bits per heavy atom. The van der Waals surface area contributed by atoms with E-state index >= 15 is 0 Å². The highest BCUT2D eigenvalue weighted by Gasteiger charge is 2.56. The van der Waals surface area contributed by atoms with Crippen LogP contribution < -0.4 is 0 Å². The maximum atomic E-state index is 12.0. The predicted molar refractivity (Wildman–Crippen MR) is 63.3 cm³/mol. The molecule has 0 bridgehead atoms. The van der Waals surface area contributed by atoms with Crippen LogP contribution in [-0.2, 0) is 19.1 Å². The SMILES string of the molecule is COC(=O)[C@]1(C)CC[C@](C(=O)OC)(C(C)C)C1. The molecule has 98 valence electrons. The Hall–Kier alpha value is -1.06. The largest absolute Gasteiger partial charge is 0.469 e. The molecule has 2 atom stereocenters. The summed E-state index contributed by atoms with van der Waals surface area (Å²) in [6.07, 6.45) is 1.87. The number of hydrogen-bond donors (Lipinski definition) is 0. The van der Waals surface area contributed by atoms with E-state index in [-0.39, 0.29) is 17.9 Å².